The number of aliphatic hydroxyl groups is 1. The molecule has 0 spiro atoms. The van der Waals surface area contributed by atoms with E-state index in [-0.39, 0.29) is 50.2 Å². The number of hydrogen-bond donors (Lipinski definition) is 6. The molecule has 2 rings (SSSR count). The summed E-state index contributed by atoms with van der Waals surface area (Å²) in [5.74, 6) is -3.20. The molecule has 2 aromatic rings. The maximum absolute atomic E-state index is 13.8. The van der Waals surface area contributed by atoms with Gasteiger partial charge in [-0.05, 0) is 75.1 Å². The van der Waals surface area contributed by atoms with Crippen LogP contribution < -0.4 is 26.6 Å². The summed E-state index contributed by atoms with van der Waals surface area (Å²) in [5.41, 5.74) is 0.923. The van der Waals surface area contributed by atoms with Crippen molar-refractivity contribution in [3.63, 3.8) is 0 Å². The van der Waals surface area contributed by atoms with Gasteiger partial charge in [0.05, 0.1) is 12.1 Å². The van der Waals surface area contributed by atoms with E-state index >= 15 is 0 Å². The first-order valence-corrected chi connectivity index (χ1v) is 18.2. The highest BCUT2D eigenvalue weighted by molar-refractivity contribution is 5.92. The third-order valence-electron chi connectivity index (χ3n) is 8.46. The maximum atomic E-state index is 13.8. The number of methoxy groups -OCH3 is 1. The maximum Gasteiger partial charge on any atom is 0.408 e. The Balaban J connectivity index is 2.20. The van der Waals surface area contributed by atoms with Crippen molar-refractivity contribution in [2.24, 2.45) is 17.8 Å². The second-order valence-corrected chi connectivity index (χ2v) is 15.0. The fourth-order valence-electron chi connectivity index (χ4n) is 5.43. The van der Waals surface area contributed by atoms with Gasteiger partial charge in [0.2, 0.25) is 23.6 Å². The number of nitrogens with zero attached hydrogens (tertiary/aromatic N) is 1. The van der Waals surface area contributed by atoms with Crippen LogP contribution in [-0.2, 0) is 41.6 Å². The minimum atomic E-state index is -1.19. The van der Waals surface area contributed by atoms with Crippen LogP contribution in [0.4, 0.5) is 4.79 Å². The van der Waals surface area contributed by atoms with E-state index < -0.39 is 65.6 Å². The molecule has 0 unspecified atom stereocenters. The zero-order valence-electron chi connectivity index (χ0n) is 32.6. The molecule has 1 aromatic heterocycles. The third-order valence-corrected chi connectivity index (χ3v) is 8.46. The highest BCUT2D eigenvalue weighted by Crippen LogP contribution is 2.16. The summed E-state index contributed by atoms with van der Waals surface area (Å²) in [6, 6.07) is 9.09. The summed E-state index contributed by atoms with van der Waals surface area (Å²) in [6.45, 7) is 14.4. The van der Waals surface area contributed by atoms with Gasteiger partial charge >= 0.3 is 6.09 Å². The molecule has 6 N–H and O–H groups in total. The van der Waals surface area contributed by atoms with Crippen LogP contribution in [0.25, 0.3) is 0 Å². The van der Waals surface area contributed by atoms with Gasteiger partial charge in [-0.25, -0.2) is 4.79 Å². The van der Waals surface area contributed by atoms with Gasteiger partial charge in [0, 0.05) is 38.6 Å². The molecule has 0 aliphatic heterocycles. The number of ether oxygens (including phenoxy) is 2. The summed E-state index contributed by atoms with van der Waals surface area (Å²) in [5, 5.41) is 25.5. The topological polar surface area (TPSA) is 197 Å². The Kier molecular flexibility index (Phi) is 18.4. The molecule has 53 heavy (non-hydrogen) atoms. The first kappa shape index (κ1) is 44.6. The summed E-state index contributed by atoms with van der Waals surface area (Å²) in [4.78, 5) is 70.3. The molecule has 0 aliphatic carbocycles. The normalized spacial score (nSPS) is 14.9. The molecule has 0 saturated heterocycles. The van der Waals surface area contributed by atoms with Crippen LogP contribution in [0.2, 0.25) is 0 Å². The van der Waals surface area contributed by atoms with Crippen LogP contribution in [-0.4, -0.2) is 89.4 Å². The number of rotatable bonds is 20. The Hall–Kier alpha value is -4.56. The van der Waals surface area contributed by atoms with Crippen LogP contribution in [0.5, 0.6) is 0 Å². The lowest BCUT2D eigenvalue weighted by Crippen LogP contribution is -2.58. The molecule has 294 valence electrons. The van der Waals surface area contributed by atoms with Gasteiger partial charge in [-0.1, -0.05) is 65.0 Å². The van der Waals surface area contributed by atoms with E-state index in [1.807, 2.05) is 44.2 Å². The molecule has 1 heterocycles. The van der Waals surface area contributed by atoms with Crippen LogP contribution >= 0.6 is 0 Å². The zero-order valence-corrected chi connectivity index (χ0v) is 32.6. The lowest BCUT2D eigenvalue weighted by Gasteiger charge is -2.30. The van der Waals surface area contributed by atoms with Gasteiger partial charge in [-0.15, -0.1) is 0 Å². The van der Waals surface area contributed by atoms with E-state index in [1.54, 1.807) is 66.1 Å². The van der Waals surface area contributed by atoms with Crippen molar-refractivity contribution in [1.82, 2.24) is 31.6 Å². The molecular weight excluding hydrogens is 680 g/mol. The number of pyridine rings is 1. The number of carbonyl (C=O) groups excluding carboxylic acids is 5. The summed E-state index contributed by atoms with van der Waals surface area (Å²) in [6.07, 6.45) is 1.62. The van der Waals surface area contributed by atoms with E-state index in [4.69, 9.17) is 9.47 Å². The Morgan fingerprint density at radius 1 is 0.755 bits per heavy atom. The lowest BCUT2D eigenvalue weighted by molar-refractivity contribution is -0.133. The van der Waals surface area contributed by atoms with Crippen molar-refractivity contribution in [2.75, 3.05) is 13.7 Å². The largest absolute Gasteiger partial charge is 0.444 e. The fourth-order valence-corrected chi connectivity index (χ4v) is 5.43. The molecule has 0 radical (unpaired) electrons. The van der Waals surface area contributed by atoms with Crippen molar-refractivity contribution in [2.45, 2.75) is 117 Å². The van der Waals surface area contributed by atoms with Crippen molar-refractivity contribution < 1.29 is 38.6 Å². The van der Waals surface area contributed by atoms with Crippen LogP contribution in [0.1, 0.15) is 79.4 Å². The van der Waals surface area contributed by atoms with Gasteiger partial charge in [-0.2, -0.15) is 0 Å². The van der Waals surface area contributed by atoms with Crippen molar-refractivity contribution in [3.8, 4) is 0 Å². The van der Waals surface area contributed by atoms with E-state index in [9.17, 15) is 29.1 Å². The number of carbonyl (C=O) groups is 5. The van der Waals surface area contributed by atoms with Crippen LogP contribution in [0, 0.1) is 17.8 Å². The number of amides is 5. The Bertz CT molecular complexity index is 1450. The van der Waals surface area contributed by atoms with Crippen molar-refractivity contribution in [1.29, 1.82) is 0 Å². The molecule has 0 bridgehead atoms. The zero-order chi connectivity index (χ0) is 39.7. The van der Waals surface area contributed by atoms with E-state index in [1.165, 1.54) is 7.11 Å². The predicted octanol–water partition coefficient (Wildman–Crippen LogP) is 3.02. The Labute approximate surface area is 314 Å². The quantitative estimate of drug-likeness (QED) is 0.118. The summed E-state index contributed by atoms with van der Waals surface area (Å²) in [7, 11) is 1.47. The summed E-state index contributed by atoms with van der Waals surface area (Å²) < 4.78 is 10.5. The second kappa shape index (κ2) is 21.8. The average molecular weight is 741 g/mol. The number of nitrogens with one attached hydrogen (secondary N) is 5. The van der Waals surface area contributed by atoms with Crippen molar-refractivity contribution >= 4 is 29.7 Å². The molecule has 5 amide bonds. The van der Waals surface area contributed by atoms with Gasteiger partial charge in [-0.3, -0.25) is 24.2 Å². The highest BCUT2D eigenvalue weighted by Gasteiger charge is 2.33. The fraction of sp³-hybridized carbons (Fsp3) is 0.590. The van der Waals surface area contributed by atoms with Crippen LogP contribution in [0.3, 0.4) is 0 Å². The smallest absolute Gasteiger partial charge is 0.408 e. The monoisotopic (exact) mass is 740 g/mol. The second-order valence-electron chi connectivity index (χ2n) is 15.0. The van der Waals surface area contributed by atoms with E-state index in [2.05, 4.69) is 31.6 Å². The summed E-state index contributed by atoms with van der Waals surface area (Å²) >= 11 is 0. The predicted molar refractivity (Wildman–Crippen MR) is 201 cm³/mol. The molecule has 6 atom stereocenters. The Morgan fingerprint density at radius 3 is 1.92 bits per heavy atom. The molecule has 0 saturated carbocycles. The molecule has 0 aliphatic rings. The first-order chi connectivity index (χ1) is 24.9. The molecule has 0 fully saturated rings. The number of hydrogen-bond acceptors (Lipinski definition) is 9. The number of aromatic nitrogens is 1. The molecular formula is C39H60N6O8. The molecule has 14 nitrogen and oxygen atoms in total. The minimum absolute atomic E-state index is 0.0304. The average Bonchev–Trinajstić information content (AvgIpc) is 3.09. The van der Waals surface area contributed by atoms with Gasteiger partial charge in [0.15, 0.2) is 0 Å². The number of aliphatic hydroxyl groups excluding tert-OH is 1. The SMILES string of the molecule is COCC[C@H](NC(=O)[C@@H](NC(=O)OC(C)(C)C)C(C)C)C(=O)N[C@@H](Cc1ccccc1)[C@@H](O)C[C@@H](C)C(=O)N[C@H](C(=O)NCc1ccncc1)C(C)C. The Morgan fingerprint density at radius 2 is 1.36 bits per heavy atom. The lowest BCUT2D eigenvalue weighted by atomic mass is 9.92. The molecule has 14 heteroatoms. The first-order valence-electron chi connectivity index (χ1n) is 18.2. The van der Waals surface area contributed by atoms with Gasteiger partial charge in [0.25, 0.3) is 0 Å². The van der Waals surface area contributed by atoms with E-state index in [0.717, 1.165) is 11.1 Å². The standard InChI is InChI=1S/C39H60N6O8/c1-24(2)32(36(49)41-23-28-15-18-40-19-16-28)44-34(47)26(5)21-31(46)30(22-27-13-11-10-12-14-27)43-35(48)29(17-20-52-9)42-37(50)33(25(3)4)45-38(51)53-39(6,7)8/h10-16,18-19,24-26,29-33,46H,17,20-23H2,1-9H3,(H,41,49)(H,42,50)(H,43,48)(H,44,47)(H,45,51)/t26-,29+,30+,31+,32+,33+/m1/s1. The van der Waals surface area contributed by atoms with E-state index in [0.29, 0.717) is 0 Å². The van der Waals surface area contributed by atoms with Gasteiger partial charge < -0.3 is 41.2 Å². The van der Waals surface area contributed by atoms with Gasteiger partial charge in [0.1, 0.15) is 23.7 Å². The molecule has 1 aromatic carbocycles. The van der Waals surface area contributed by atoms with Crippen LogP contribution in [0.15, 0.2) is 54.9 Å². The highest BCUT2D eigenvalue weighted by atomic mass is 16.6. The van der Waals surface area contributed by atoms with Crippen molar-refractivity contribution in [3.05, 3.63) is 66.0 Å². The number of alkyl carbamates (subject to hydrolysis) is 1. The number of benzene rings is 1. The minimum Gasteiger partial charge on any atom is -0.444 e. The third kappa shape index (κ3) is 16.3.